The van der Waals surface area contributed by atoms with Crippen molar-refractivity contribution in [3.8, 4) is 0 Å². The number of aromatic amines is 1. The van der Waals surface area contributed by atoms with Gasteiger partial charge in [-0.3, -0.25) is 5.10 Å². The number of nitrogens with one attached hydrogen (secondary N) is 1. The molecule has 1 aromatic heterocycles. The van der Waals surface area contributed by atoms with Crippen molar-refractivity contribution in [3.63, 3.8) is 0 Å². The Labute approximate surface area is 175 Å². The van der Waals surface area contributed by atoms with Crippen LogP contribution < -0.4 is 0 Å². The lowest BCUT2D eigenvalue weighted by Gasteiger charge is -2.38. The van der Waals surface area contributed by atoms with Crippen molar-refractivity contribution in [2.45, 2.75) is 29.1 Å². The van der Waals surface area contributed by atoms with Crippen LogP contribution >= 0.6 is 0 Å². The first kappa shape index (κ1) is 20.9. The van der Waals surface area contributed by atoms with E-state index in [0.717, 1.165) is 6.20 Å². The first-order chi connectivity index (χ1) is 14.8. The summed E-state index contributed by atoms with van der Waals surface area (Å²) in [4.78, 5) is -0.683. The molecule has 2 aliphatic rings. The van der Waals surface area contributed by atoms with Crippen LogP contribution in [0.15, 0.2) is 47.5 Å². The molecule has 0 saturated carbocycles. The van der Waals surface area contributed by atoms with Crippen LogP contribution in [0.25, 0.3) is 0 Å². The number of rotatable bonds is 2. The van der Waals surface area contributed by atoms with Gasteiger partial charge in [0.2, 0.25) is 10.0 Å². The highest BCUT2D eigenvalue weighted by Gasteiger charge is 2.64. The fraction of sp³-hybridized carbons (Fsp3) is 0.211. The molecule has 13 heteroatoms. The number of H-pyrrole nitrogens is 1. The second-order valence-electron chi connectivity index (χ2n) is 7.38. The Balaban J connectivity index is 1.73. The van der Waals surface area contributed by atoms with Gasteiger partial charge in [0, 0.05) is 5.56 Å². The lowest BCUT2D eigenvalue weighted by Crippen LogP contribution is -2.45. The number of fused-ring (bicyclic) bond motifs is 7. The monoisotopic (exact) mass is 477 g/mol. The van der Waals surface area contributed by atoms with E-state index >= 15 is 8.78 Å². The number of hydrogen-bond donors (Lipinski definition) is 1. The first-order valence-corrected chi connectivity index (χ1v) is 10.4. The average Bonchev–Trinajstić information content (AvgIpc) is 3.30. The molecule has 5 rings (SSSR count). The average molecular weight is 477 g/mol. The van der Waals surface area contributed by atoms with Crippen molar-refractivity contribution >= 4 is 10.0 Å². The van der Waals surface area contributed by atoms with Gasteiger partial charge in [0.15, 0.2) is 11.6 Å². The second-order valence-corrected chi connectivity index (χ2v) is 9.22. The third-order valence-corrected chi connectivity index (χ3v) is 7.47. The van der Waals surface area contributed by atoms with E-state index in [1.807, 2.05) is 0 Å². The molecule has 168 valence electrons. The van der Waals surface area contributed by atoms with Crippen molar-refractivity contribution in [1.82, 2.24) is 14.5 Å². The fourth-order valence-electron chi connectivity index (χ4n) is 4.26. The van der Waals surface area contributed by atoms with Crippen LogP contribution in [0, 0.1) is 11.6 Å². The molecule has 2 aromatic carbocycles. The second kappa shape index (κ2) is 6.32. The summed E-state index contributed by atoms with van der Waals surface area (Å²) in [6.45, 7) is 0. The molecular formula is C19H10F7N3O2S. The molecule has 5 nitrogen and oxygen atoms in total. The summed E-state index contributed by atoms with van der Waals surface area (Å²) < 4.78 is 124. The zero-order valence-electron chi connectivity index (χ0n) is 15.5. The standard InChI is InChI=1S/C19H10F7N3O2S/c20-13-5-10-11(6-14(13)21)17-18(22,23)16-12(7-27-28-16)15(10)29(17)32(30,31)9-3-1-8(2-4-9)19(24,25)26/h1-7,15,17H,(H,27,28). The fourth-order valence-corrected chi connectivity index (χ4v) is 6.01. The highest BCUT2D eigenvalue weighted by Crippen LogP contribution is 2.62. The Kier molecular flexibility index (Phi) is 4.13. The maximum Gasteiger partial charge on any atom is 0.416 e. The smallest absolute Gasteiger partial charge is 0.276 e. The summed E-state index contributed by atoms with van der Waals surface area (Å²) in [6, 6.07) is -0.290. The van der Waals surface area contributed by atoms with E-state index < -0.39 is 67.6 Å². The van der Waals surface area contributed by atoms with Gasteiger partial charge in [0.1, 0.15) is 11.7 Å². The molecule has 0 spiro atoms. The van der Waals surface area contributed by atoms with E-state index in [-0.39, 0.29) is 11.1 Å². The summed E-state index contributed by atoms with van der Waals surface area (Å²) >= 11 is 0. The van der Waals surface area contributed by atoms with E-state index in [0.29, 0.717) is 40.7 Å². The summed E-state index contributed by atoms with van der Waals surface area (Å²) in [7, 11) is -4.85. The molecule has 3 aromatic rings. The SMILES string of the molecule is O=S(=O)(c1ccc(C(F)(F)F)cc1)N1C2c3cc(F)c(F)cc3C1C(F)(F)c1[nH]ncc12. The van der Waals surface area contributed by atoms with Crippen LogP contribution in [0.5, 0.6) is 0 Å². The van der Waals surface area contributed by atoms with Gasteiger partial charge < -0.3 is 0 Å². The molecule has 2 bridgehead atoms. The van der Waals surface area contributed by atoms with Gasteiger partial charge in [-0.05, 0) is 47.5 Å². The zero-order chi connectivity index (χ0) is 23.2. The Morgan fingerprint density at radius 1 is 0.969 bits per heavy atom. The molecule has 2 aliphatic heterocycles. The van der Waals surface area contributed by atoms with E-state index in [1.54, 1.807) is 0 Å². The van der Waals surface area contributed by atoms with Crippen molar-refractivity contribution < 1.29 is 39.2 Å². The Hall–Kier alpha value is -2.93. The van der Waals surface area contributed by atoms with Crippen molar-refractivity contribution in [1.29, 1.82) is 0 Å². The van der Waals surface area contributed by atoms with Crippen LogP contribution in [0.2, 0.25) is 0 Å². The van der Waals surface area contributed by atoms with E-state index in [9.17, 15) is 30.4 Å². The van der Waals surface area contributed by atoms with E-state index in [2.05, 4.69) is 10.2 Å². The Bertz CT molecular complexity index is 1350. The predicted molar refractivity (Wildman–Crippen MR) is 93.9 cm³/mol. The molecule has 2 atom stereocenters. The number of nitrogens with zero attached hydrogens (tertiary/aromatic N) is 2. The van der Waals surface area contributed by atoms with Gasteiger partial charge in [-0.25, -0.2) is 17.2 Å². The van der Waals surface area contributed by atoms with E-state index in [1.165, 1.54) is 0 Å². The van der Waals surface area contributed by atoms with Gasteiger partial charge in [0.25, 0.3) is 0 Å². The van der Waals surface area contributed by atoms with Gasteiger partial charge >= 0.3 is 12.1 Å². The first-order valence-electron chi connectivity index (χ1n) is 8.96. The van der Waals surface area contributed by atoms with Crippen LogP contribution in [-0.4, -0.2) is 22.9 Å². The third-order valence-electron chi connectivity index (χ3n) is 5.62. The highest BCUT2D eigenvalue weighted by molar-refractivity contribution is 7.89. The molecule has 1 N–H and O–H groups in total. The van der Waals surface area contributed by atoms with Crippen LogP contribution in [0.1, 0.15) is 40.0 Å². The van der Waals surface area contributed by atoms with Crippen LogP contribution in [-0.2, 0) is 22.1 Å². The Morgan fingerprint density at radius 2 is 1.56 bits per heavy atom. The number of halogens is 7. The molecule has 0 saturated heterocycles. The molecule has 3 heterocycles. The number of sulfonamides is 1. The molecular weight excluding hydrogens is 467 g/mol. The topological polar surface area (TPSA) is 66.1 Å². The third kappa shape index (κ3) is 2.67. The maximum absolute atomic E-state index is 15.4. The van der Waals surface area contributed by atoms with Crippen molar-refractivity contribution in [2.75, 3.05) is 0 Å². The normalized spacial score (nSPS) is 22.0. The van der Waals surface area contributed by atoms with Crippen LogP contribution in [0.4, 0.5) is 30.7 Å². The minimum absolute atomic E-state index is 0.204. The molecule has 0 aliphatic carbocycles. The van der Waals surface area contributed by atoms with Gasteiger partial charge in [-0.2, -0.15) is 31.4 Å². The number of alkyl halides is 5. The summed E-state index contributed by atoms with van der Waals surface area (Å²) in [5.74, 6) is -6.73. The summed E-state index contributed by atoms with van der Waals surface area (Å²) in [5, 5.41) is 5.65. The number of benzene rings is 2. The lowest BCUT2D eigenvalue weighted by molar-refractivity contribution is -0.137. The van der Waals surface area contributed by atoms with Gasteiger partial charge in [-0.1, -0.05) is 0 Å². The maximum atomic E-state index is 15.4. The van der Waals surface area contributed by atoms with Gasteiger partial charge in [0.05, 0.1) is 22.7 Å². The minimum Gasteiger partial charge on any atom is -0.276 e. The molecule has 0 fully saturated rings. The summed E-state index contributed by atoms with van der Waals surface area (Å²) in [6.07, 6.45) is -3.79. The van der Waals surface area contributed by atoms with Crippen molar-refractivity contribution in [3.05, 3.63) is 82.2 Å². The highest BCUT2D eigenvalue weighted by atomic mass is 32.2. The van der Waals surface area contributed by atoms with Gasteiger partial charge in [-0.15, -0.1) is 0 Å². The largest absolute Gasteiger partial charge is 0.416 e. The Morgan fingerprint density at radius 3 is 2.16 bits per heavy atom. The number of hydrogen-bond acceptors (Lipinski definition) is 3. The molecule has 2 unspecified atom stereocenters. The lowest BCUT2D eigenvalue weighted by atomic mass is 9.97. The summed E-state index contributed by atoms with van der Waals surface area (Å²) in [5.41, 5.74) is -2.76. The number of aromatic nitrogens is 2. The predicted octanol–water partition coefficient (Wildman–Crippen LogP) is 4.65. The zero-order valence-corrected chi connectivity index (χ0v) is 16.3. The van der Waals surface area contributed by atoms with Crippen LogP contribution in [0.3, 0.4) is 0 Å². The minimum atomic E-state index is -4.85. The quantitative estimate of drug-likeness (QED) is 0.547. The van der Waals surface area contributed by atoms with E-state index in [4.69, 9.17) is 0 Å². The molecule has 32 heavy (non-hydrogen) atoms. The molecule has 0 radical (unpaired) electrons. The molecule has 0 amide bonds. The van der Waals surface area contributed by atoms with Crippen molar-refractivity contribution in [2.24, 2.45) is 0 Å².